The van der Waals surface area contributed by atoms with E-state index in [9.17, 15) is 43.2 Å². The third-order valence-corrected chi connectivity index (χ3v) is 19.6. The number of hydrogen-bond acceptors (Lipinski definition) is 15. The zero-order valence-corrected chi connectivity index (χ0v) is 63.8. The molecule has 0 amide bonds. The maximum atomic E-state index is 13.1. The van der Waals surface area contributed by atoms with E-state index in [-0.39, 0.29) is 25.7 Å². The maximum Gasteiger partial charge on any atom is 0.472 e. The second-order valence-electron chi connectivity index (χ2n) is 28.3. The lowest BCUT2D eigenvalue weighted by Crippen LogP contribution is -2.30. The first kappa shape index (κ1) is 93.1. The topological polar surface area (TPSA) is 237 Å². The van der Waals surface area contributed by atoms with E-state index in [1.807, 2.05) is 0 Å². The minimum absolute atomic E-state index is 0.106. The fourth-order valence-corrected chi connectivity index (χ4v) is 13.2. The number of carbonyl (C=O) groups excluding carboxylic acids is 4. The maximum absolute atomic E-state index is 13.1. The molecule has 0 aromatic carbocycles. The van der Waals surface area contributed by atoms with Crippen LogP contribution < -0.4 is 0 Å². The third kappa shape index (κ3) is 70.3. The van der Waals surface area contributed by atoms with Crippen LogP contribution in [0, 0.1) is 11.8 Å². The molecule has 0 aliphatic rings. The van der Waals surface area contributed by atoms with Gasteiger partial charge in [-0.15, -0.1) is 0 Å². The SMILES string of the molecule is CCCCCCCCCCCCCCCCCCC(=O)OC[C@H](COP(=O)(O)OC[C@@H](O)COP(=O)(O)OC[C@@H](COC(=O)CCCCCCCCC)OC(=O)CCCCCCCCCCCCC(C)C)OC(=O)CCCCCCCCCCCCCCCCCCC(C)C. The molecule has 0 saturated carbocycles. The molecular formula is C76H148O17P2. The Morgan fingerprint density at radius 1 is 0.284 bits per heavy atom. The monoisotopic (exact) mass is 1400 g/mol. The van der Waals surface area contributed by atoms with Crippen LogP contribution in [0.4, 0.5) is 0 Å². The van der Waals surface area contributed by atoms with Crippen LogP contribution in [0.2, 0.25) is 0 Å². The zero-order chi connectivity index (χ0) is 70.0. The van der Waals surface area contributed by atoms with Gasteiger partial charge in [-0.2, -0.15) is 0 Å². The highest BCUT2D eigenvalue weighted by Crippen LogP contribution is 2.45. The quantitative estimate of drug-likeness (QED) is 0.0222. The molecule has 0 spiro atoms. The van der Waals surface area contributed by atoms with Gasteiger partial charge in [-0.05, 0) is 37.5 Å². The van der Waals surface area contributed by atoms with E-state index in [1.54, 1.807) is 0 Å². The fourth-order valence-electron chi connectivity index (χ4n) is 11.7. The molecular weight excluding hydrogens is 1250 g/mol. The summed E-state index contributed by atoms with van der Waals surface area (Å²) in [6.45, 7) is 9.58. The molecule has 95 heavy (non-hydrogen) atoms. The van der Waals surface area contributed by atoms with Gasteiger partial charge in [0.15, 0.2) is 12.2 Å². The molecule has 3 N–H and O–H groups in total. The Labute approximate surface area is 581 Å². The van der Waals surface area contributed by atoms with Crippen LogP contribution in [0.1, 0.15) is 395 Å². The van der Waals surface area contributed by atoms with Gasteiger partial charge >= 0.3 is 39.5 Å². The highest BCUT2D eigenvalue weighted by molar-refractivity contribution is 7.47. The second-order valence-corrected chi connectivity index (χ2v) is 31.3. The number of carbonyl (C=O) groups is 4. The van der Waals surface area contributed by atoms with Crippen LogP contribution in [0.25, 0.3) is 0 Å². The van der Waals surface area contributed by atoms with Crippen molar-refractivity contribution < 1.29 is 80.2 Å². The minimum atomic E-state index is -4.96. The molecule has 2 unspecified atom stereocenters. The number of esters is 4. The Bertz CT molecular complexity index is 1840. The number of aliphatic hydroxyl groups is 1. The molecule has 17 nitrogen and oxygen atoms in total. The van der Waals surface area contributed by atoms with E-state index in [0.29, 0.717) is 25.7 Å². The first-order valence-electron chi connectivity index (χ1n) is 39.5. The lowest BCUT2D eigenvalue weighted by molar-refractivity contribution is -0.161. The van der Waals surface area contributed by atoms with Gasteiger partial charge in [-0.3, -0.25) is 37.3 Å². The van der Waals surface area contributed by atoms with Crippen molar-refractivity contribution in [2.75, 3.05) is 39.6 Å². The Kier molecular flexibility index (Phi) is 66.5. The summed E-state index contributed by atoms with van der Waals surface area (Å²) < 4.78 is 68.4. The Morgan fingerprint density at radius 3 is 0.716 bits per heavy atom. The first-order valence-corrected chi connectivity index (χ1v) is 42.5. The number of unbranched alkanes of at least 4 members (excludes halogenated alkanes) is 45. The normalized spacial score (nSPS) is 14.0. The molecule has 19 heteroatoms. The minimum Gasteiger partial charge on any atom is -0.462 e. The van der Waals surface area contributed by atoms with E-state index >= 15 is 0 Å². The average Bonchev–Trinajstić information content (AvgIpc) is 1.29. The predicted molar refractivity (Wildman–Crippen MR) is 386 cm³/mol. The standard InChI is InChI=1S/C76H148O17P2/c1-7-9-11-13-15-16-17-18-19-23-26-29-35-41-47-53-59-74(79)87-65-72(93-75(80)60-54-48-42-36-30-27-24-21-20-22-25-28-33-39-44-50-56-68(3)4)67-91-95(84,85)89-63-70(77)62-88-94(82,83)90-66-71(64-86-73(78)58-52-46-38-14-12-10-8-2)92-76(81)61-55-49-43-37-32-31-34-40-45-51-57-69(5)6/h68-72,77H,7-67H2,1-6H3,(H,82,83)(H,84,85)/t70-,71+,72+/m0/s1. The molecule has 0 aromatic rings. The van der Waals surface area contributed by atoms with Gasteiger partial charge in [0.25, 0.3) is 0 Å². The van der Waals surface area contributed by atoms with Crippen molar-refractivity contribution in [3.63, 3.8) is 0 Å². The van der Waals surface area contributed by atoms with Crippen molar-refractivity contribution in [2.24, 2.45) is 11.8 Å². The smallest absolute Gasteiger partial charge is 0.462 e. The summed E-state index contributed by atoms with van der Waals surface area (Å²) >= 11 is 0. The van der Waals surface area contributed by atoms with Crippen molar-refractivity contribution in [3.8, 4) is 0 Å². The number of hydrogen-bond donors (Lipinski definition) is 3. The molecule has 0 fully saturated rings. The van der Waals surface area contributed by atoms with Crippen molar-refractivity contribution in [1.82, 2.24) is 0 Å². The Morgan fingerprint density at radius 2 is 0.484 bits per heavy atom. The Balaban J connectivity index is 5.19. The van der Waals surface area contributed by atoms with E-state index in [0.717, 1.165) is 115 Å². The molecule has 0 bridgehead atoms. The summed E-state index contributed by atoms with van der Waals surface area (Å²) in [4.78, 5) is 72.7. The van der Waals surface area contributed by atoms with Crippen molar-refractivity contribution >= 4 is 39.5 Å². The molecule has 0 aliphatic carbocycles. The summed E-state index contributed by atoms with van der Waals surface area (Å²) in [5, 5.41) is 10.6. The lowest BCUT2D eigenvalue weighted by Gasteiger charge is -2.21. The lowest BCUT2D eigenvalue weighted by atomic mass is 10.0. The van der Waals surface area contributed by atoms with Crippen LogP contribution in [0.15, 0.2) is 0 Å². The van der Waals surface area contributed by atoms with E-state index in [1.165, 1.54) is 199 Å². The fraction of sp³-hybridized carbons (Fsp3) is 0.947. The molecule has 5 atom stereocenters. The molecule has 0 aliphatic heterocycles. The highest BCUT2D eigenvalue weighted by atomic mass is 31.2. The van der Waals surface area contributed by atoms with E-state index in [2.05, 4.69) is 41.5 Å². The van der Waals surface area contributed by atoms with Gasteiger partial charge in [0.05, 0.1) is 26.4 Å². The van der Waals surface area contributed by atoms with Gasteiger partial charge in [0.2, 0.25) is 0 Å². The summed E-state index contributed by atoms with van der Waals surface area (Å²) in [6, 6.07) is 0. The van der Waals surface area contributed by atoms with Crippen molar-refractivity contribution in [3.05, 3.63) is 0 Å². The largest absolute Gasteiger partial charge is 0.472 e. The van der Waals surface area contributed by atoms with Gasteiger partial charge in [-0.25, -0.2) is 9.13 Å². The Hall–Kier alpha value is -1.94. The summed E-state index contributed by atoms with van der Waals surface area (Å²) in [5.41, 5.74) is 0. The zero-order valence-electron chi connectivity index (χ0n) is 62.0. The molecule has 0 rings (SSSR count). The predicted octanol–water partition coefficient (Wildman–Crippen LogP) is 22.3. The van der Waals surface area contributed by atoms with Crippen molar-refractivity contribution in [2.45, 2.75) is 413 Å². The number of aliphatic hydroxyl groups excluding tert-OH is 1. The van der Waals surface area contributed by atoms with Crippen molar-refractivity contribution in [1.29, 1.82) is 0 Å². The summed E-state index contributed by atoms with van der Waals surface area (Å²) in [7, 11) is -9.91. The summed E-state index contributed by atoms with van der Waals surface area (Å²) in [5.74, 6) is -0.558. The van der Waals surface area contributed by atoms with Gasteiger partial charge < -0.3 is 33.8 Å². The third-order valence-electron chi connectivity index (χ3n) is 17.7. The highest BCUT2D eigenvalue weighted by Gasteiger charge is 2.30. The van der Waals surface area contributed by atoms with Gasteiger partial charge in [-0.1, -0.05) is 343 Å². The number of ether oxygens (including phenoxy) is 4. The van der Waals surface area contributed by atoms with E-state index in [4.69, 9.17) is 37.0 Å². The first-order chi connectivity index (χ1) is 45.9. The van der Waals surface area contributed by atoms with Crippen LogP contribution in [0.3, 0.4) is 0 Å². The van der Waals surface area contributed by atoms with Crippen LogP contribution in [-0.2, 0) is 65.4 Å². The van der Waals surface area contributed by atoms with Crippen LogP contribution in [-0.4, -0.2) is 96.7 Å². The van der Waals surface area contributed by atoms with E-state index < -0.39 is 97.5 Å². The molecule has 0 aromatic heterocycles. The number of rotatable bonds is 75. The van der Waals surface area contributed by atoms with Gasteiger partial charge in [0.1, 0.15) is 19.3 Å². The average molecular weight is 1400 g/mol. The summed E-state index contributed by atoms with van der Waals surface area (Å²) in [6.07, 6.45) is 55.6. The van der Waals surface area contributed by atoms with Gasteiger partial charge in [0, 0.05) is 25.7 Å². The number of phosphoric ester groups is 2. The van der Waals surface area contributed by atoms with Crippen LogP contribution >= 0.6 is 15.6 Å². The van der Waals surface area contributed by atoms with Crippen LogP contribution in [0.5, 0.6) is 0 Å². The molecule has 0 saturated heterocycles. The number of phosphoric acid groups is 2. The second kappa shape index (κ2) is 67.9. The molecule has 564 valence electrons. The molecule has 0 heterocycles. The molecule has 0 radical (unpaired) electrons.